The molecule has 0 spiro atoms. The number of fused-ring (bicyclic) bond motifs is 1. The van der Waals surface area contributed by atoms with Crippen LogP contribution in [0.15, 0.2) is 30.3 Å². The Morgan fingerprint density at radius 1 is 1.28 bits per heavy atom. The normalized spacial score (nSPS) is 9.83. The molecule has 4 nitrogen and oxygen atoms in total. The molecule has 1 amide bonds. The summed E-state index contributed by atoms with van der Waals surface area (Å²) in [6.45, 7) is 1.44. The van der Waals surface area contributed by atoms with Crippen LogP contribution in [0.3, 0.4) is 0 Å². The summed E-state index contributed by atoms with van der Waals surface area (Å²) < 4.78 is 5.23. The molecule has 0 aliphatic rings. The zero-order chi connectivity index (χ0) is 13.1. The number of hydrogen-bond acceptors (Lipinski definition) is 3. The van der Waals surface area contributed by atoms with Crippen LogP contribution in [0.2, 0.25) is 0 Å². The van der Waals surface area contributed by atoms with Gasteiger partial charge in [-0.3, -0.25) is 4.79 Å². The first-order chi connectivity index (χ1) is 8.63. The number of nitrogens with zero attached hydrogens (tertiary/aromatic N) is 1. The summed E-state index contributed by atoms with van der Waals surface area (Å²) >= 11 is 0. The second kappa shape index (κ2) is 4.76. The first-order valence-electron chi connectivity index (χ1n) is 5.43. The van der Waals surface area contributed by atoms with Gasteiger partial charge in [0.05, 0.1) is 24.4 Å². The van der Waals surface area contributed by atoms with Gasteiger partial charge < -0.3 is 10.1 Å². The van der Waals surface area contributed by atoms with E-state index in [1.165, 1.54) is 6.92 Å². The maximum Gasteiger partial charge on any atom is 0.221 e. The number of nitrogens with one attached hydrogen (secondary N) is 1. The topological polar surface area (TPSA) is 62.1 Å². The molecule has 4 heteroatoms. The highest BCUT2D eigenvalue weighted by molar-refractivity contribution is 5.96. The maximum absolute atomic E-state index is 11.1. The van der Waals surface area contributed by atoms with E-state index in [1.54, 1.807) is 25.3 Å². The summed E-state index contributed by atoms with van der Waals surface area (Å²) in [4.78, 5) is 11.1. The van der Waals surface area contributed by atoms with Crippen molar-refractivity contribution >= 4 is 22.4 Å². The molecule has 90 valence electrons. The lowest BCUT2D eigenvalue weighted by Gasteiger charge is -2.10. The van der Waals surface area contributed by atoms with Crippen LogP contribution in [-0.4, -0.2) is 13.0 Å². The summed E-state index contributed by atoms with van der Waals surface area (Å²) in [6.07, 6.45) is 0. The van der Waals surface area contributed by atoms with E-state index in [1.807, 2.05) is 12.1 Å². The number of ether oxygens (including phenoxy) is 1. The van der Waals surface area contributed by atoms with Crippen molar-refractivity contribution < 1.29 is 9.53 Å². The first kappa shape index (κ1) is 11.9. The molecular formula is C14H12N2O2. The fourth-order valence-corrected chi connectivity index (χ4v) is 1.80. The van der Waals surface area contributed by atoms with Gasteiger partial charge in [-0.05, 0) is 35.0 Å². The van der Waals surface area contributed by atoms with Gasteiger partial charge >= 0.3 is 0 Å². The summed E-state index contributed by atoms with van der Waals surface area (Å²) in [5.41, 5.74) is 1.19. The van der Waals surface area contributed by atoms with Crippen LogP contribution < -0.4 is 10.1 Å². The van der Waals surface area contributed by atoms with Gasteiger partial charge in [0.25, 0.3) is 0 Å². The Morgan fingerprint density at radius 2 is 2.06 bits per heavy atom. The van der Waals surface area contributed by atoms with Crippen molar-refractivity contribution in [3.63, 3.8) is 0 Å². The fourth-order valence-electron chi connectivity index (χ4n) is 1.80. The lowest BCUT2D eigenvalue weighted by molar-refractivity contribution is -0.114. The van der Waals surface area contributed by atoms with Crippen LogP contribution in [0.1, 0.15) is 12.5 Å². The molecule has 1 N–H and O–H groups in total. The van der Waals surface area contributed by atoms with Crippen molar-refractivity contribution in [1.29, 1.82) is 5.26 Å². The number of hydrogen-bond donors (Lipinski definition) is 1. The van der Waals surface area contributed by atoms with E-state index in [9.17, 15) is 4.79 Å². The highest BCUT2D eigenvalue weighted by Crippen LogP contribution is 2.30. The van der Waals surface area contributed by atoms with Crippen molar-refractivity contribution in [2.45, 2.75) is 6.92 Å². The third kappa shape index (κ3) is 2.25. The third-order valence-corrected chi connectivity index (χ3v) is 2.60. The van der Waals surface area contributed by atoms with Gasteiger partial charge in [0.2, 0.25) is 5.91 Å². The molecule has 2 aromatic rings. The van der Waals surface area contributed by atoms with E-state index in [0.717, 1.165) is 10.8 Å². The zero-order valence-corrected chi connectivity index (χ0v) is 10.2. The van der Waals surface area contributed by atoms with Crippen LogP contribution in [0.5, 0.6) is 5.75 Å². The Labute approximate surface area is 105 Å². The Morgan fingerprint density at radius 3 is 2.67 bits per heavy atom. The maximum atomic E-state index is 11.1. The number of rotatable bonds is 2. The molecule has 0 atom stereocenters. The fraction of sp³-hybridized carbons (Fsp3) is 0.143. The minimum Gasteiger partial charge on any atom is -0.495 e. The number of carbonyl (C=O) groups excluding carboxylic acids is 1. The number of methoxy groups -OCH3 is 1. The largest absolute Gasteiger partial charge is 0.495 e. The van der Waals surface area contributed by atoms with E-state index in [4.69, 9.17) is 10.00 Å². The van der Waals surface area contributed by atoms with Gasteiger partial charge in [-0.1, -0.05) is 6.07 Å². The average molecular weight is 240 g/mol. The molecule has 0 aliphatic carbocycles. The molecule has 2 aromatic carbocycles. The second-order valence-corrected chi connectivity index (χ2v) is 3.91. The molecule has 0 saturated carbocycles. The molecule has 18 heavy (non-hydrogen) atoms. The van der Waals surface area contributed by atoms with Gasteiger partial charge in [0.15, 0.2) is 0 Å². The molecule has 0 bridgehead atoms. The minimum absolute atomic E-state index is 0.163. The van der Waals surface area contributed by atoms with E-state index >= 15 is 0 Å². The Bertz CT molecular complexity index is 657. The van der Waals surface area contributed by atoms with Crippen molar-refractivity contribution in [2.24, 2.45) is 0 Å². The van der Waals surface area contributed by atoms with Crippen LogP contribution in [-0.2, 0) is 4.79 Å². The minimum atomic E-state index is -0.163. The predicted molar refractivity (Wildman–Crippen MR) is 69.5 cm³/mol. The van der Waals surface area contributed by atoms with Crippen LogP contribution in [0, 0.1) is 11.3 Å². The lowest BCUT2D eigenvalue weighted by Crippen LogP contribution is -2.07. The zero-order valence-electron chi connectivity index (χ0n) is 10.2. The van der Waals surface area contributed by atoms with Crippen molar-refractivity contribution in [3.8, 4) is 11.8 Å². The highest BCUT2D eigenvalue weighted by Gasteiger charge is 2.07. The molecule has 0 heterocycles. The number of nitriles is 1. The number of amides is 1. The second-order valence-electron chi connectivity index (χ2n) is 3.91. The quantitative estimate of drug-likeness (QED) is 0.877. The smallest absolute Gasteiger partial charge is 0.221 e. The molecule has 0 aliphatic heterocycles. The SMILES string of the molecule is COc1cc2ccc(C#N)cc2cc1NC(C)=O. The van der Waals surface area contributed by atoms with E-state index in [2.05, 4.69) is 11.4 Å². The Hall–Kier alpha value is -2.54. The highest BCUT2D eigenvalue weighted by atomic mass is 16.5. The molecule has 0 radical (unpaired) electrons. The van der Waals surface area contributed by atoms with Crippen molar-refractivity contribution in [1.82, 2.24) is 0 Å². The van der Waals surface area contributed by atoms with Gasteiger partial charge in [-0.25, -0.2) is 0 Å². The van der Waals surface area contributed by atoms with Gasteiger partial charge in [-0.15, -0.1) is 0 Å². The molecule has 0 unspecified atom stereocenters. The Balaban J connectivity index is 2.62. The van der Waals surface area contributed by atoms with Gasteiger partial charge in [0.1, 0.15) is 5.75 Å². The van der Waals surface area contributed by atoms with Crippen molar-refractivity contribution in [3.05, 3.63) is 35.9 Å². The van der Waals surface area contributed by atoms with Gasteiger partial charge in [-0.2, -0.15) is 5.26 Å². The third-order valence-electron chi connectivity index (χ3n) is 2.60. The summed E-state index contributed by atoms with van der Waals surface area (Å²) in [7, 11) is 1.55. The predicted octanol–water partition coefficient (Wildman–Crippen LogP) is 2.68. The van der Waals surface area contributed by atoms with E-state index < -0.39 is 0 Å². The van der Waals surface area contributed by atoms with Crippen LogP contribution in [0.4, 0.5) is 5.69 Å². The summed E-state index contributed by atoms with van der Waals surface area (Å²) in [5.74, 6) is 0.437. The first-order valence-corrected chi connectivity index (χ1v) is 5.43. The van der Waals surface area contributed by atoms with Gasteiger partial charge in [0, 0.05) is 6.92 Å². The van der Waals surface area contributed by atoms with Crippen molar-refractivity contribution in [2.75, 3.05) is 12.4 Å². The molecule has 0 saturated heterocycles. The number of anilines is 1. The molecule has 0 fully saturated rings. The number of benzene rings is 2. The van der Waals surface area contributed by atoms with E-state index in [0.29, 0.717) is 17.0 Å². The summed E-state index contributed by atoms with van der Waals surface area (Å²) in [5, 5.41) is 13.4. The monoisotopic (exact) mass is 240 g/mol. The summed E-state index contributed by atoms with van der Waals surface area (Å²) in [6, 6.07) is 11.1. The standard InChI is InChI=1S/C14H12N2O2/c1-9(17)16-13-6-12-5-10(8-15)3-4-11(12)7-14(13)18-2/h3-7H,1-2H3,(H,16,17). The molecular weight excluding hydrogens is 228 g/mol. The van der Waals surface area contributed by atoms with E-state index in [-0.39, 0.29) is 5.91 Å². The molecule has 0 aromatic heterocycles. The lowest BCUT2D eigenvalue weighted by atomic mass is 10.1. The number of carbonyl (C=O) groups is 1. The molecule has 2 rings (SSSR count). The Kier molecular flexibility index (Phi) is 3.16. The van der Waals surface area contributed by atoms with Crippen LogP contribution in [0.25, 0.3) is 10.8 Å². The van der Waals surface area contributed by atoms with Crippen LogP contribution >= 0.6 is 0 Å². The average Bonchev–Trinajstić information content (AvgIpc) is 2.36.